The Morgan fingerprint density at radius 2 is 2.05 bits per heavy atom. The standard InChI is InChI=1S/C15H17N3O3/c1-3-16-13-9-11(15(19)20)17-14(18-13)10-7-5-6-8-12(10)21-4-2/h5-9H,3-4H2,1-2H3,(H,19,20)(H,16,17,18). The molecule has 0 radical (unpaired) electrons. The van der Waals surface area contributed by atoms with Crippen molar-refractivity contribution in [3.63, 3.8) is 0 Å². The average Bonchev–Trinajstić information content (AvgIpc) is 2.48. The third-order valence-electron chi connectivity index (χ3n) is 2.73. The van der Waals surface area contributed by atoms with E-state index in [9.17, 15) is 9.90 Å². The Kier molecular flexibility index (Phi) is 4.71. The number of benzene rings is 1. The summed E-state index contributed by atoms with van der Waals surface area (Å²) in [5.41, 5.74) is 0.615. The third kappa shape index (κ3) is 3.47. The minimum absolute atomic E-state index is 0.0535. The van der Waals surface area contributed by atoms with E-state index >= 15 is 0 Å². The number of anilines is 1. The molecular formula is C15H17N3O3. The van der Waals surface area contributed by atoms with E-state index in [1.165, 1.54) is 6.07 Å². The largest absolute Gasteiger partial charge is 0.493 e. The first kappa shape index (κ1) is 14.8. The topological polar surface area (TPSA) is 84.3 Å². The Hall–Kier alpha value is -2.63. The van der Waals surface area contributed by atoms with Gasteiger partial charge in [-0.1, -0.05) is 12.1 Å². The second-order valence-electron chi connectivity index (χ2n) is 4.23. The van der Waals surface area contributed by atoms with Crippen LogP contribution in [0.4, 0.5) is 5.82 Å². The van der Waals surface area contributed by atoms with Crippen LogP contribution in [0.1, 0.15) is 24.3 Å². The van der Waals surface area contributed by atoms with Crippen LogP contribution in [-0.4, -0.2) is 34.2 Å². The van der Waals surface area contributed by atoms with E-state index < -0.39 is 5.97 Å². The van der Waals surface area contributed by atoms with Gasteiger partial charge in [0.15, 0.2) is 11.5 Å². The number of ether oxygens (including phenoxy) is 1. The molecule has 1 aromatic carbocycles. The van der Waals surface area contributed by atoms with Crippen LogP contribution in [0.15, 0.2) is 30.3 Å². The first-order valence-electron chi connectivity index (χ1n) is 6.74. The van der Waals surface area contributed by atoms with Crippen molar-refractivity contribution >= 4 is 11.8 Å². The number of hydrogen-bond donors (Lipinski definition) is 2. The van der Waals surface area contributed by atoms with E-state index in [1.807, 2.05) is 38.1 Å². The molecule has 0 bridgehead atoms. The maximum atomic E-state index is 11.2. The summed E-state index contributed by atoms with van der Waals surface area (Å²) in [5, 5.41) is 12.2. The summed E-state index contributed by atoms with van der Waals surface area (Å²) in [6.45, 7) is 4.95. The molecule has 0 aliphatic rings. The monoisotopic (exact) mass is 287 g/mol. The molecule has 21 heavy (non-hydrogen) atoms. The highest BCUT2D eigenvalue weighted by Gasteiger charge is 2.14. The highest BCUT2D eigenvalue weighted by Crippen LogP contribution is 2.28. The number of carboxylic acids is 1. The number of rotatable bonds is 6. The van der Waals surface area contributed by atoms with Gasteiger partial charge in [-0.25, -0.2) is 14.8 Å². The normalized spacial score (nSPS) is 10.2. The molecule has 6 nitrogen and oxygen atoms in total. The fraction of sp³-hybridized carbons (Fsp3) is 0.267. The molecule has 0 atom stereocenters. The van der Waals surface area contributed by atoms with Crippen molar-refractivity contribution in [3.8, 4) is 17.1 Å². The highest BCUT2D eigenvalue weighted by atomic mass is 16.5. The fourth-order valence-corrected chi connectivity index (χ4v) is 1.88. The molecular weight excluding hydrogens is 270 g/mol. The number of aromatic carboxylic acids is 1. The van der Waals surface area contributed by atoms with Gasteiger partial charge in [0, 0.05) is 12.6 Å². The number of para-hydroxylation sites is 1. The molecule has 2 rings (SSSR count). The Labute approximate surface area is 122 Å². The number of carboxylic acid groups (broad SMARTS) is 1. The zero-order chi connectivity index (χ0) is 15.2. The van der Waals surface area contributed by atoms with Gasteiger partial charge in [-0.3, -0.25) is 0 Å². The molecule has 2 N–H and O–H groups in total. The minimum Gasteiger partial charge on any atom is -0.493 e. The lowest BCUT2D eigenvalue weighted by Gasteiger charge is -2.11. The number of nitrogens with zero attached hydrogens (tertiary/aromatic N) is 2. The van der Waals surface area contributed by atoms with E-state index in [4.69, 9.17) is 4.74 Å². The molecule has 6 heteroatoms. The van der Waals surface area contributed by atoms with Crippen LogP contribution in [0, 0.1) is 0 Å². The number of hydrogen-bond acceptors (Lipinski definition) is 5. The predicted octanol–water partition coefficient (Wildman–Crippen LogP) is 2.67. The van der Waals surface area contributed by atoms with Crippen LogP contribution >= 0.6 is 0 Å². The van der Waals surface area contributed by atoms with Crippen LogP contribution in [0.2, 0.25) is 0 Å². The van der Waals surface area contributed by atoms with Crippen LogP contribution in [0.25, 0.3) is 11.4 Å². The lowest BCUT2D eigenvalue weighted by molar-refractivity contribution is 0.0690. The Bertz CT molecular complexity index is 644. The van der Waals surface area contributed by atoms with Gasteiger partial charge in [0.2, 0.25) is 0 Å². The number of nitrogens with one attached hydrogen (secondary N) is 1. The molecule has 1 aromatic heterocycles. The van der Waals surface area contributed by atoms with Crippen molar-refractivity contribution in [2.45, 2.75) is 13.8 Å². The summed E-state index contributed by atoms with van der Waals surface area (Å²) in [4.78, 5) is 19.7. The quantitative estimate of drug-likeness (QED) is 0.849. The van der Waals surface area contributed by atoms with E-state index in [2.05, 4.69) is 15.3 Å². The van der Waals surface area contributed by atoms with Crippen molar-refractivity contribution in [1.82, 2.24) is 9.97 Å². The average molecular weight is 287 g/mol. The lowest BCUT2D eigenvalue weighted by atomic mass is 10.2. The first-order valence-corrected chi connectivity index (χ1v) is 6.74. The van der Waals surface area contributed by atoms with E-state index in [1.54, 1.807) is 0 Å². The van der Waals surface area contributed by atoms with Gasteiger partial charge in [-0.05, 0) is 26.0 Å². The van der Waals surface area contributed by atoms with Crippen molar-refractivity contribution in [2.75, 3.05) is 18.5 Å². The number of carbonyl (C=O) groups is 1. The van der Waals surface area contributed by atoms with E-state index in [0.717, 1.165) is 0 Å². The van der Waals surface area contributed by atoms with E-state index in [-0.39, 0.29) is 5.69 Å². The zero-order valence-corrected chi connectivity index (χ0v) is 12.0. The van der Waals surface area contributed by atoms with Gasteiger partial charge in [-0.2, -0.15) is 0 Å². The second kappa shape index (κ2) is 6.69. The van der Waals surface area contributed by atoms with Gasteiger partial charge < -0.3 is 15.2 Å². The summed E-state index contributed by atoms with van der Waals surface area (Å²) in [6, 6.07) is 8.71. The molecule has 0 amide bonds. The van der Waals surface area contributed by atoms with Gasteiger partial charge in [0.05, 0.1) is 12.2 Å². The van der Waals surface area contributed by atoms with Gasteiger partial charge >= 0.3 is 5.97 Å². The van der Waals surface area contributed by atoms with Crippen LogP contribution in [-0.2, 0) is 0 Å². The molecule has 0 spiro atoms. The fourth-order valence-electron chi connectivity index (χ4n) is 1.88. The van der Waals surface area contributed by atoms with Crippen molar-refractivity contribution in [3.05, 3.63) is 36.0 Å². The molecule has 0 saturated heterocycles. The molecule has 1 heterocycles. The van der Waals surface area contributed by atoms with Crippen LogP contribution in [0.5, 0.6) is 5.75 Å². The van der Waals surface area contributed by atoms with E-state index in [0.29, 0.717) is 36.1 Å². The van der Waals surface area contributed by atoms with Crippen molar-refractivity contribution < 1.29 is 14.6 Å². The summed E-state index contributed by atoms with van der Waals surface area (Å²) in [5.74, 6) is 0.345. The minimum atomic E-state index is -1.09. The molecule has 0 aliphatic heterocycles. The van der Waals surface area contributed by atoms with Crippen LogP contribution < -0.4 is 10.1 Å². The maximum absolute atomic E-state index is 11.2. The lowest BCUT2D eigenvalue weighted by Crippen LogP contribution is -2.08. The maximum Gasteiger partial charge on any atom is 0.354 e. The predicted molar refractivity (Wildman–Crippen MR) is 79.8 cm³/mol. The first-order chi connectivity index (χ1) is 10.2. The molecule has 0 saturated carbocycles. The molecule has 0 aliphatic carbocycles. The molecule has 110 valence electrons. The summed E-state index contributed by atoms with van der Waals surface area (Å²) in [7, 11) is 0. The summed E-state index contributed by atoms with van der Waals surface area (Å²) >= 11 is 0. The second-order valence-corrected chi connectivity index (χ2v) is 4.23. The molecule has 0 fully saturated rings. The van der Waals surface area contributed by atoms with Crippen LogP contribution in [0.3, 0.4) is 0 Å². The Morgan fingerprint density at radius 3 is 2.71 bits per heavy atom. The molecule has 2 aromatic rings. The molecule has 0 unspecified atom stereocenters. The summed E-state index contributed by atoms with van der Waals surface area (Å²) in [6.07, 6.45) is 0. The smallest absolute Gasteiger partial charge is 0.354 e. The van der Waals surface area contributed by atoms with Crippen molar-refractivity contribution in [1.29, 1.82) is 0 Å². The SMILES string of the molecule is CCNc1cc(C(=O)O)nc(-c2ccccc2OCC)n1. The highest BCUT2D eigenvalue weighted by molar-refractivity contribution is 5.87. The van der Waals surface area contributed by atoms with Gasteiger partial charge in [0.25, 0.3) is 0 Å². The Morgan fingerprint density at radius 1 is 1.29 bits per heavy atom. The van der Waals surface area contributed by atoms with Gasteiger partial charge in [-0.15, -0.1) is 0 Å². The summed E-state index contributed by atoms with van der Waals surface area (Å²) < 4.78 is 5.54. The van der Waals surface area contributed by atoms with Gasteiger partial charge in [0.1, 0.15) is 11.6 Å². The third-order valence-corrected chi connectivity index (χ3v) is 2.73. The Balaban J connectivity index is 2.54. The zero-order valence-electron chi connectivity index (χ0n) is 12.0. The number of aromatic nitrogens is 2. The van der Waals surface area contributed by atoms with Crippen molar-refractivity contribution in [2.24, 2.45) is 0 Å².